The second-order valence-corrected chi connectivity index (χ2v) is 5.40. The summed E-state index contributed by atoms with van der Waals surface area (Å²) in [5.41, 5.74) is 0. The molecule has 0 bridgehead atoms. The van der Waals surface area contributed by atoms with Crippen LogP contribution in [0.15, 0.2) is 0 Å². The summed E-state index contributed by atoms with van der Waals surface area (Å²) in [6.45, 7) is 10.9. The van der Waals surface area contributed by atoms with Crippen LogP contribution in [0.1, 0.15) is 27.7 Å². The minimum Gasteiger partial charge on any atom is -0.354 e. The van der Waals surface area contributed by atoms with Gasteiger partial charge in [-0.15, -0.1) is 0 Å². The van der Waals surface area contributed by atoms with Gasteiger partial charge in [0.25, 0.3) is 0 Å². The molecule has 0 saturated carbocycles. The minimum atomic E-state index is 0.325. The van der Waals surface area contributed by atoms with Gasteiger partial charge in [-0.05, 0) is 34.0 Å². The number of nitrogens with one attached hydrogen (secondary N) is 2. The number of hydrogen-bond acceptors (Lipinski definition) is 7. The fraction of sp³-hybridized carbons (Fsp3) is 0.769. The zero-order valence-corrected chi connectivity index (χ0v) is 13.9. The van der Waals surface area contributed by atoms with Crippen molar-refractivity contribution in [1.82, 2.24) is 15.0 Å². The highest BCUT2D eigenvalue weighted by Crippen LogP contribution is 2.14. The van der Waals surface area contributed by atoms with E-state index in [1.54, 1.807) is 11.8 Å². The van der Waals surface area contributed by atoms with Crippen molar-refractivity contribution in [2.75, 3.05) is 47.2 Å². The molecule has 6 nitrogen and oxygen atoms in total. The predicted molar refractivity (Wildman–Crippen MR) is 89.0 cm³/mol. The van der Waals surface area contributed by atoms with Gasteiger partial charge in [-0.3, -0.25) is 0 Å². The Morgan fingerprint density at radius 1 is 1.10 bits per heavy atom. The highest BCUT2D eigenvalue weighted by Gasteiger charge is 2.12. The third-order valence-corrected chi connectivity index (χ3v) is 3.63. The molecular formula is C13H26N6S. The third kappa shape index (κ3) is 5.03. The van der Waals surface area contributed by atoms with E-state index in [0.717, 1.165) is 31.3 Å². The molecule has 0 spiro atoms. The Bertz CT molecular complexity index is 396. The van der Waals surface area contributed by atoms with Crippen LogP contribution in [-0.2, 0) is 0 Å². The van der Waals surface area contributed by atoms with Crippen molar-refractivity contribution in [2.24, 2.45) is 0 Å². The maximum atomic E-state index is 4.52. The molecular weight excluding hydrogens is 272 g/mol. The molecule has 2 N–H and O–H groups in total. The third-order valence-electron chi connectivity index (χ3n) is 2.80. The van der Waals surface area contributed by atoms with Crippen LogP contribution in [0, 0.1) is 0 Å². The Morgan fingerprint density at radius 2 is 1.75 bits per heavy atom. The second kappa shape index (κ2) is 8.84. The lowest BCUT2D eigenvalue weighted by Crippen LogP contribution is -2.27. The first-order valence-electron chi connectivity index (χ1n) is 7.14. The average molecular weight is 298 g/mol. The lowest BCUT2D eigenvalue weighted by Gasteiger charge is -2.20. The normalized spacial score (nSPS) is 12.1. The molecule has 7 heteroatoms. The van der Waals surface area contributed by atoms with Crippen molar-refractivity contribution >= 4 is 29.6 Å². The summed E-state index contributed by atoms with van der Waals surface area (Å²) in [6.07, 6.45) is 2.09. The summed E-state index contributed by atoms with van der Waals surface area (Å²) in [4.78, 5) is 15.5. The number of aromatic nitrogens is 3. The molecule has 0 saturated heterocycles. The zero-order chi connectivity index (χ0) is 15.0. The van der Waals surface area contributed by atoms with Crippen LogP contribution in [0.2, 0.25) is 0 Å². The Labute approximate surface area is 126 Å². The van der Waals surface area contributed by atoms with Gasteiger partial charge in [0.05, 0.1) is 0 Å². The molecule has 1 aromatic rings. The SMILES string of the molecule is CCNc1nc(NC(C)CSC)nc(N(CC)CC)n1. The highest BCUT2D eigenvalue weighted by atomic mass is 32.2. The molecule has 20 heavy (non-hydrogen) atoms. The monoisotopic (exact) mass is 298 g/mol. The Kier molecular flexibility index (Phi) is 7.43. The number of thioether (sulfide) groups is 1. The van der Waals surface area contributed by atoms with Crippen molar-refractivity contribution < 1.29 is 0 Å². The molecule has 0 amide bonds. The maximum absolute atomic E-state index is 4.52. The lowest BCUT2D eigenvalue weighted by molar-refractivity contribution is 0.804. The summed E-state index contributed by atoms with van der Waals surface area (Å²) in [5.74, 6) is 3.01. The van der Waals surface area contributed by atoms with E-state index >= 15 is 0 Å². The second-order valence-electron chi connectivity index (χ2n) is 4.49. The molecule has 0 radical (unpaired) electrons. The zero-order valence-electron chi connectivity index (χ0n) is 13.1. The standard InChI is InChI=1S/C13H26N6S/c1-6-14-11-16-12(15-10(4)9-20-5)18-13(17-11)19(7-2)8-3/h10H,6-9H2,1-5H3,(H2,14,15,16,17,18). The minimum absolute atomic E-state index is 0.325. The molecule has 0 aliphatic rings. The number of nitrogens with zero attached hydrogens (tertiary/aromatic N) is 4. The van der Waals surface area contributed by atoms with Crippen LogP contribution >= 0.6 is 11.8 Å². The summed E-state index contributed by atoms with van der Waals surface area (Å²) in [7, 11) is 0. The van der Waals surface area contributed by atoms with Crippen LogP contribution < -0.4 is 15.5 Å². The lowest BCUT2D eigenvalue weighted by atomic mass is 10.4. The van der Waals surface area contributed by atoms with E-state index < -0.39 is 0 Å². The van der Waals surface area contributed by atoms with Crippen LogP contribution in [0.3, 0.4) is 0 Å². The fourth-order valence-electron chi connectivity index (χ4n) is 1.83. The van der Waals surface area contributed by atoms with E-state index in [2.05, 4.69) is 57.5 Å². The largest absolute Gasteiger partial charge is 0.354 e. The van der Waals surface area contributed by atoms with Crippen molar-refractivity contribution in [3.8, 4) is 0 Å². The van der Waals surface area contributed by atoms with Gasteiger partial charge in [-0.25, -0.2) is 0 Å². The van der Waals surface area contributed by atoms with Crippen molar-refractivity contribution in [3.05, 3.63) is 0 Å². The summed E-state index contributed by atoms with van der Waals surface area (Å²) in [6, 6.07) is 0.325. The van der Waals surface area contributed by atoms with Crippen LogP contribution in [-0.4, -0.2) is 52.6 Å². The average Bonchev–Trinajstić information content (AvgIpc) is 2.40. The van der Waals surface area contributed by atoms with E-state index in [9.17, 15) is 0 Å². The molecule has 114 valence electrons. The number of rotatable bonds is 9. The molecule has 0 aliphatic carbocycles. The molecule has 1 heterocycles. The van der Waals surface area contributed by atoms with Gasteiger partial charge in [-0.1, -0.05) is 0 Å². The number of hydrogen-bond donors (Lipinski definition) is 2. The van der Waals surface area contributed by atoms with E-state index in [0.29, 0.717) is 17.9 Å². The van der Waals surface area contributed by atoms with Crippen LogP contribution in [0.5, 0.6) is 0 Å². The first kappa shape index (κ1) is 16.8. The molecule has 0 aliphatic heterocycles. The molecule has 0 aromatic carbocycles. The summed E-state index contributed by atoms with van der Waals surface area (Å²) >= 11 is 1.80. The van der Waals surface area contributed by atoms with Crippen molar-refractivity contribution in [3.63, 3.8) is 0 Å². The molecule has 1 rings (SSSR count). The fourth-order valence-corrected chi connectivity index (χ4v) is 2.41. The summed E-state index contributed by atoms with van der Waals surface area (Å²) in [5, 5.41) is 6.50. The predicted octanol–water partition coefficient (Wildman–Crippen LogP) is 2.31. The van der Waals surface area contributed by atoms with E-state index in [-0.39, 0.29) is 0 Å². The first-order valence-corrected chi connectivity index (χ1v) is 8.54. The Balaban J connectivity index is 2.97. The van der Waals surface area contributed by atoms with Gasteiger partial charge in [0, 0.05) is 31.4 Å². The van der Waals surface area contributed by atoms with E-state index in [1.807, 2.05) is 6.92 Å². The number of anilines is 3. The van der Waals surface area contributed by atoms with Gasteiger partial charge in [0.2, 0.25) is 17.8 Å². The van der Waals surface area contributed by atoms with Crippen molar-refractivity contribution in [2.45, 2.75) is 33.7 Å². The van der Waals surface area contributed by atoms with Gasteiger partial charge >= 0.3 is 0 Å². The molecule has 1 aromatic heterocycles. The topological polar surface area (TPSA) is 66.0 Å². The smallest absolute Gasteiger partial charge is 0.231 e. The summed E-state index contributed by atoms with van der Waals surface area (Å²) < 4.78 is 0. The Hall–Kier alpha value is -1.24. The highest BCUT2D eigenvalue weighted by molar-refractivity contribution is 7.98. The van der Waals surface area contributed by atoms with Crippen LogP contribution in [0.4, 0.5) is 17.8 Å². The molecule has 0 fully saturated rings. The molecule has 1 atom stereocenters. The molecule has 1 unspecified atom stereocenters. The van der Waals surface area contributed by atoms with Gasteiger partial charge in [0.15, 0.2) is 0 Å². The van der Waals surface area contributed by atoms with Gasteiger partial charge in [0.1, 0.15) is 0 Å². The van der Waals surface area contributed by atoms with Gasteiger partial charge in [-0.2, -0.15) is 26.7 Å². The van der Waals surface area contributed by atoms with E-state index in [4.69, 9.17) is 0 Å². The first-order chi connectivity index (χ1) is 9.64. The van der Waals surface area contributed by atoms with E-state index in [1.165, 1.54) is 0 Å². The van der Waals surface area contributed by atoms with Crippen molar-refractivity contribution in [1.29, 1.82) is 0 Å². The van der Waals surface area contributed by atoms with Gasteiger partial charge < -0.3 is 15.5 Å². The quantitative estimate of drug-likeness (QED) is 0.725. The maximum Gasteiger partial charge on any atom is 0.231 e. The Morgan fingerprint density at radius 3 is 2.30 bits per heavy atom. The van der Waals surface area contributed by atoms with Crippen LogP contribution in [0.25, 0.3) is 0 Å².